The van der Waals surface area contributed by atoms with Gasteiger partial charge in [-0.15, -0.1) is 0 Å². The van der Waals surface area contributed by atoms with Gasteiger partial charge in [0.05, 0.1) is 11.0 Å². The predicted octanol–water partition coefficient (Wildman–Crippen LogP) is 2.91. The molecule has 0 fully saturated rings. The van der Waals surface area contributed by atoms with Crippen molar-refractivity contribution in [1.82, 2.24) is 9.88 Å². The lowest BCUT2D eigenvalue weighted by molar-refractivity contribution is -0.142. The van der Waals surface area contributed by atoms with Crippen molar-refractivity contribution in [2.75, 3.05) is 6.54 Å². The van der Waals surface area contributed by atoms with Gasteiger partial charge < -0.3 is 10.6 Å². The fourth-order valence-electron chi connectivity index (χ4n) is 3.70. The SMILES string of the molecule is CC(C)[C@]1(C(=O)N2CCc3ncc(C(F)(F)F)cc3C2)C=CC(N)C1. The zero-order valence-electron chi connectivity index (χ0n) is 14.3. The number of nitrogens with zero attached hydrogens (tertiary/aromatic N) is 2. The van der Waals surface area contributed by atoms with Gasteiger partial charge in [-0.3, -0.25) is 9.78 Å². The monoisotopic (exact) mass is 353 g/mol. The summed E-state index contributed by atoms with van der Waals surface area (Å²) in [5, 5.41) is 0. The van der Waals surface area contributed by atoms with Crippen LogP contribution in [0.25, 0.3) is 0 Å². The van der Waals surface area contributed by atoms with Gasteiger partial charge in [-0.1, -0.05) is 26.0 Å². The molecule has 2 atom stereocenters. The van der Waals surface area contributed by atoms with Gasteiger partial charge >= 0.3 is 6.18 Å². The van der Waals surface area contributed by atoms with Crippen molar-refractivity contribution in [3.8, 4) is 0 Å². The summed E-state index contributed by atoms with van der Waals surface area (Å²) in [6.45, 7) is 4.56. The third kappa shape index (κ3) is 3.17. The minimum absolute atomic E-state index is 0.0604. The van der Waals surface area contributed by atoms with Gasteiger partial charge in [-0.25, -0.2) is 0 Å². The number of aromatic nitrogens is 1. The van der Waals surface area contributed by atoms with E-state index in [1.807, 2.05) is 26.0 Å². The maximum absolute atomic E-state index is 13.2. The summed E-state index contributed by atoms with van der Waals surface area (Å²) in [6.07, 6.45) is 1.15. The second kappa shape index (κ2) is 6.12. The number of alkyl halides is 3. The Morgan fingerprint density at radius 3 is 2.72 bits per heavy atom. The summed E-state index contributed by atoms with van der Waals surface area (Å²) in [6, 6.07) is 0.946. The highest BCUT2D eigenvalue weighted by atomic mass is 19.4. The van der Waals surface area contributed by atoms with Gasteiger partial charge in [0.25, 0.3) is 0 Å². The molecule has 0 saturated heterocycles. The summed E-state index contributed by atoms with van der Waals surface area (Å²) in [4.78, 5) is 18.8. The smallest absolute Gasteiger partial charge is 0.337 e. The molecule has 25 heavy (non-hydrogen) atoms. The lowest BCUT2D eigenvalue weighted by atomic mass is 9.74. The first-order chi connectivity index (χ1) is 11.6. The van der Waals surface area contributed by atoms with Crippen LogP contribution in [0.3, 0.4) is 0 Å². The summed E-state index contributed by atoms with van der Waals surface area (Å²) in [7, 11) is 0. The predicted molar refractivity (Wildman–Crippen MR) is 87.4 cm³/mol. The lowest BCUT2D eigenvalue weighted by Crippen LogP contribution is -2.48. The van der Waals surface area contributed by atoms with E-state index in [0.717, 1.165) is 12.3 Å². The molecule has 0 bridgehead atoms. The van der Waals surface area contributed by atoms with Gasteiger partial charge in [-0.05, 0) is 24.0 Å². The quantitative estimate of drug-likeness (QED) is 0.832. The third-order valence-electron chi connectivity index (χ3n) is 5.30. The molecule has 7 heteroatoms. The number of hydrogen-bond acceptors (Lipinski definition) is 3. The average molecular weight is 353 g/mol. The molecular formula is C18H22F3N3O. The number of amides is 1. The van der Waals surface area contributed by atoms with Crippen LogP contribution in [0.4, 0.5) is 13.2 Å². The summed E-state index contributed by atoms with van der Waals surface area (Å²) in [5.74, 6) is 0.000549. The largest absolute Gasteiger partial charge is 0.417 e. The van der Waals surface area contributed by atoms with Crippen LogP contribution in [0.1, 0.15) is 37.1 Å². The van der Waals surface area contributed by atoms with Crippen molar-refractivity contribution in [2.45, 2.75) is 45.5 Å². The van der Waals surface area contributed by atoms with E-state index in [2.05, 4.69) is 4.98 Å². The highest BCUT2D eigenvalue weighted by Crippen LogP contribution is 2.41. The van der Waals surface area contributed by atoms with Crippen LogP contribution in [0.5, 0.6) is 0 Å². The van der Waals surface area contributed by atoms with Crippen molar-refractivity contribution in [3.05, 3.63) is 41.2 Å². The van der Waals surface area contributed by atoms with Gasteiger partial charge in [0.2, 0.25) is 5.91 Å². The first kappa shape index (κ1) is 17.9. The van der Waals surface area contributed by atoms with E-state index in [4.69, 9.17) is 5.73 Å². The molecule has 2 aliphatic rings. The highest BCUT2D eigenvalue weighted by Gasteiger charge is 2.46. The Balaban J connectivity index is 1.87. The molecule has 2 heterocycles. The molecule has 2 N–H and O–H groups in total. The van der Waals surface area contributed by atoms with Crippen molar-refractivity contribution in [2.24, 2.45) is 17.1 Å². The van der Waals surface area contributed by atoms with Crippen molar-refractivity contribution < 1.29 is 18.0 Å². The van der Waals surface area contributed by atoms with Gasteiger partial charge in [0, 0.05) is 37.4 Å². The zero-order valence-corrected chi connectivity index (χ0v) is 14.3. The molecule has 0 radical (unpaired) electrons. The van der Waals surface area contributed by atoms with E-state index < -0.39 is 17.2 Å². The molecule has 1 amide bonds. The Kier molecular flexibility index (Phi) is 4.39. The van der Waals surface area contributed by atoms with Gasteiger partial charge in [0.1, 0.15) is 0 Å². The first-order valence-electron chi connectivity index (χ1n) is 8.43. The summed E-state index contributed by atoms with van der Waals surface area (Å²) >= 11 is 0. The number of rotatable bonds is 2. The molecular weight excluding hydrogens is 331 g/mol. The Morgan fingerprint density at radius 1 is 1.44 bits per heavy atom. The average Bonchev–Trinajstić information content (AvgIpc) is 2.95. The molecule has 4 nitrogen and oxygen atoms in total. The molecule has 1 aliphatic heterocycles. The molecule has 0 saturated carbocycles. The van der Waals surface area contributed by atoms with E-state index in [1.54, 1.807) is 4.90 Å². The molecule has 136 valence electrons. The molecule has 1 aliphatic carbocycles. The summed E-state index contributed by atoms with van der Waals surface area (Å²) < 4.78 is 38.8. The summed E-state index contributed by atoms with van der Waals surface area (Å²) in [5.41, 5.74) is 5.62. The molecule has 1 aromatic heterocycles. The van der Waals surface area contributed by atoms with Crippen LogP contribution >= 0.6 is 0 Å². The molecule has 0 aromatic carbocycles. The lowest BCUT2D eigenvalue weighted by Gasteiger charge is -2.38. The van der Waals surface area contributed by atoms with Crippen LogP contribution < -0.4 is 5.73 Å². The number of hydrogen-bond donors (Lipinski definition) is 1. The van der Waals surface area contributed by atoms with Crippen LogP contribution in [-0.2, 0) is 23.9 Å². The number of pyridine rings is 1. The van der Waals surface area contributed by atoms with Crippen molar-refractivity contribution in [3.63, 3.8) is 0 Å². The Morgan fingerprint density at radius 2 is 2.16 bits per heavy atom. The number of nitrogens with two attached hydrogens (primary N) is 1. The van der Waals surface area contributed by atoms with Crippen LogP contribution in [-0.4, -0.2) is 28.4 Å². The maximum Gasteiger partial charge on any atom is 0.417 e. The molecule has 0 spiro atoms. The van der Waals surface area contributed by atoms with E-state index in [0.29, 0.717) is 30.6 Å². The van der Waals surface area contributed by atoms with Crippen molar-refractivity contribution >= 4 is 5.91 Å². The number of fused-ring (bicyclic) bond motifs is 1. The molecule has 1 unspecified atom stereocenters. The maximum atomic E-state index is 13.2. The Hall–Kier alpha value is -1.89. The third-order valence-corrected chi connectivity index (χ3v) is 5.30. The minimum atomic E-state index is -4.44. The van der Waals surface area contributed by atoms with Gasteiger partial charge in [-0.2, -0.15) is 13.2 Å². The Labute approximate surface area is 144 Å². The van der Waals surface area contributed by atoms with E-state index in [1.165, 1.54) is 0 Å². The van der Waals surface area contributed by atoms with Crippen molar-refractivity contribution in [1.29, 1.82) is 0 Å². The minimum Gasteiger partial charge on any atom is -0.337 e. The molecule has 1 aromatic rings. The van der Waals surface area contributed by atoms with E-state index >= 15 is 0 Å². The topological polar surface area (TPSA) is 59.2 Å². The van der Waals surface area contributed by atoms with E-state index in [9.17, 15) is 18.0 Å². The number of carbonyl (C=O) groups excluding carboxylic acids is 1. The Bertz CT molecular complexity index is 714. The highest BCUT2D eigenvalue weighted by molar-refractivity contribution is 5.86. The number of carbonyl (C=O) groups is 1. The molecule has 3 rings (SSSR count). The fourth-order valence-corrected chi connectivity index (χ4v) is 3.70. The first-order valence-corrected chi connectivity index (χ1v) is 8.43. The second-order valence-electron chi connectivity index (χ2n) is 7.23. The zero-order chi connectivity index (χ0) is 18.4. The van der Waals surface area contributed by atoms with Crippen LogP contribution in [0, 0.1) is 11.3 Å². The second-order valence-corrected chi connectivity index (χ2v) is 7.23. The van der Waals surface area contributed by atoms with Crippen LogP contribution in [0.2, 0.25) is 0 Å². The number of halogens is 3. The fraction of sp³-hybridized carbons (Fsp3) is 0.556. The van der Waals surface area contributed by atoms with E-state index in [-0.39, 0.29) is 24.4 Å². The van der Waals surface area contributed by atoms with Crippen LogP contribution in [0.15, 0.2) is 24.4 Å². The van der Waals surface area contributed by atoms with Gasteiger partial charge in [0.15, 0.2) is 0 Å². The standard InChI is InChI=1S/C18H22F3N3O/c1-11(2)17(5-3-14(22)8-17)16(25)24-6-4-15-12(10-24)7-13(9-23-15)18(19,20)21/h3,5,7,9,11,14H,4,6,8,10,22H2,1-2H3/t14?,17-/m0/s1. The normalized spacial score (nSPS) is 26.2.